The molecule has 15 heavy (non-hydrogen) atoms. The van der Waals surface area contributed by atoms with Gasteiger partial charge < -0.3 is 10.6 Å². The normalized spacial score (nSPS) is 23.2. The number of hydrogen-bond acceptors (Lipinski definition) is 4. The molecule has 0 unspecified atom stereocenters. The summed E-state index contributed by atoms with van der Waals surface area (Å²) in [6, 6.07) is 0.390. The molecule has 1 aliphatic heterocycles. The van der Waals surface area contributed by atoms with Crippen molar-refractivity contribution in [1.29, 1.82) is 0 Å². The molecule has 2 rings (SSSR count). The molecule has 2 N–H and O–H groups in total. The molecule has 3 nitrogen and oxygen atoms in total. The number of nitrogens with two attached hydrogens (primary N) is 1. The number of likely N-dealkylation sites (tertiary alicyclic amines) is 1. The van der Waals surface area contributed by atoms with Crippen molar-refractivity contribution in [2.45, 2.75) is 32.2 Å². The van der Waals surface area contributed by atoms with Crippen LogP contribution < -0.4 is 5.73 Å². The maximum atomic E-state index is 5.95. The number of aryl methyl sites for hydroxylation is 1. The molecule has 84 valence electrons. The molecule has 0 aliphatic carbocycles. The fourth-order valence-electron chi connectivity index (χ4n) is 2.12. The summed E-state index contributed by atoms with van der Waals surface area (Å²) in [5, 5.41) is 0. The van der Waals surface area contributed by atoms with Crippen molar-refractivity contribution in [2.24, 2.45) is 5.73 Å². The maximum Gasteiger partial charge on any atom is 0.0797 e. The molecule has 4 heteroatoms. The lowest BCUT2D eigenvalue weighted by atomic mass is 10.1. The van der Waals surface area contributed by atoms with Gasteiger partial charge in [-0.25, -0.2) is 4.98 Å². The molecule has 1 atom stereocenters. The zero-order valence-electron chi connectivity index (χ0n) is 9.28. The van der Waals surface area contributed by atoms with Gasteiger partial charge in [0.2, 0.25) is 0 Å². The summed E-state index contributed by atoms with van der Waals surface area (Å²) in [6.07, 6.45) is 3.57. The lowest BCUT2D eigenvalue weighted by molar-refractivity contribution is 0.212. The first kappa shape index (κ1) is 11.0. The minimum Gasteiger partial charge on any atom is -0.327 e. The molecular formula is C11H19N3S. The van der Waals surface area contributed by atoms with Crippen molar-refractivity contribution in [3.05, 3.63) is 16.1 Å². The smallest absolute Gasteiger partial charge is 0.0797 e. The minimum atomic E-state index is 0.390. The summed E-state index contributed by atoms with van der Waals surface area (Å²) >= 11 is 1.77. The van der Waals surface area contributed by atoms with Crippen LogP contribution >= 0.6 is 11.3 Å². The Morgan fingerprint density at radius 2 is 2.53 bits per heavy atom. The first-order valence-corrected chi connectivity index (χ1v) is 6.50. The van der Waals surface area contributed by atoms with Gasteiger partial charge in [-0.3, -0.25) is 0 Å². The lowest BCUT2D eigenvalue weighted by Gasteiger charge is -2.30. The molecule has 0 saturated carbocycles. The molecule has 1 aromatic heterocycles. The predicted molar refractivity (Wildman–Crippen MR) is 64.2 cm³/mol. The van der Waals surface area contributed by atoms with Crippen LogP contribution in [0.4, 0.5) is 0 Å². The third-order valence-electron chi connectivity index (χ3n) is 3.04. The number of hydrogen-bond donors (Lipinski definition) is 1. The lowest BCUT2D eigenvalue weighted by Crippen LogP contribution is -2.43. The fraction of sp³-hybridized carbons (Fsp3) is 0.727. The second-order valence-electron chi connectivity index (χ2n) is 4.31. The number of piperidine rings is 1. The molecule has 0 bridgehead atoms. The number of aromatic nitrogens is 1. The second-order valence-corrected chi connectivity index (χ2v) is 5.25. The number of rotatable bonds is 3. The van der Waals surface area contributed by atoms with E-state index in [1.165, 1.54) is 30.0 Å². The molecule has 1 saturated heterocycles. The van der Waals surface area contributed by atoms with Crippen LogP contribution in [0.5, 0.6) is 0 Å². The quantitative estimate of drug-likeness (QED) is 0.846. The van der Waals surface area contributed by atoms with Crippen molar-refractivity contribution in [3.8, 4) is 0 Å². The summed E-state index contributed by atoms with van der Waals surface area (Å²) in [4.78, 5) is 8.18. The molecule has 1 fully saturated rings. The van der Waals surface area contributed by atoms with Crippen LogP contribution in [0.15, 0.2) is 5.51 Å². The van der Waals surface area contributed by atoms with Gasteiger partial charge in [0.25, 0.3) is 0 Å². The van der Waals surface area contributed by atoms with Crippen LogP contribution in [0.3, 0.4) is 0 Å². The van der Waals surface area contributed by atoms with E-state index in [2.05, 4.69) is 16.8 Å². The predicted octanol–water partition coefficient (Wildman–Crippen LogP) is 1.42. The van der Waals surface area contributed by atoms with E-state index < -0.39 is 0 Å². The molecule has 0 aromatic carbocycles. The standard InChI is InChI=1S/C11H19N3S/c1-9-11(15-8-13-9)4-6-14-5-2-3-10(12)7-14/h8,10H,2-7,12H2,1H3/t10-/m1/s1. The summed E-state index contributed by atoms with van der Waals surface area (Å²) in [6.45, 7) is 5.51. The highest BCUT2D eigenvalue weighted by molar-refractivity contribution is 7.09. The fourth-order valence-corrected chi connectivity index (χ4v) is 2.89. The molecule has 0 radical (unpaired) electrons. The van der Waals surface area contributed by atoms with E-state index in [1.54, 1.807) is 11.3 Å². The molecular weight excluding hydrogens is 206 g/mol. The molecule has 2 heterocycles. The Hall–Kier alpha value is -0.450. The van der Waals surface area contributed by atoms with E-state index in [0.29, 0.717) is 6.04 Å². The van der Waals surface area contributed by atoms with Crippen molar-refractivity contribution < 1.29 is 0 Å². The minimum absolute atomic E-state index is 0.390. The zero-order chi connectivity index (χ0) is 10.7. The summed E-state index contributed by atoms with van der Waals surface area (Å²) in [5.74, 6) is 0. The van der Waals surface area contributed by atoms with Crippen molar-refractivity contribution >= 4 is 11.3 Å². The van der Waals surface area contributed by atoms with Crippen LogP contribution in [-0.2, 0) is 6.42 Å². The highest BCUT2D eigenvalue weighted by Crippen LogP contribution is 2.15. The third-order valence-corrected chi connectivity index (χ3v) is 4.04. The Kier molecular flexibility index (Phi) is 3.72. The van der Waals surface area contributed by atoms with Gasteiger partial charge in [0, 0.05) is 24.0 Å². The molecule has 0 spiro atoms. The van der Waals surface area contributed by atoms with Gasteiger partial charge in [-0.2, -0.15) is 0 Å². The number of nitrogens with zero attached hydrogens (tertiary/aromatic N) is 2. The van der Waals surface area contributed by atoms with E-state index in [0.717, 1.165) is 19.5 Å². The van der Waals surface area contributed by atoms with E-state index in [1.807, 2.05) is 5.51 Å². The Morgan fingerprint density at radius 3 is 3.20 bits per heavy atom. The topological polar surface area (TPSA) is 42.2 Å². The largest absolute Gasteiger partial charge is 0.327 e. The van der Waals surface area contributed by atoms with E-state index in [4.69, 9.17) is 5.73 Å². The van der Waals surface area contributed by atoms with Crippen molar-refractivity contribution in [2.75, 3.05) is 19.6 Å². The van der Waals surface area contributed by atoms with Gasteiger partial charge in [-0.15, -0.1) is 11.3 Å². The average Bonchev–Trinajstić information content (AvgIpc) is 2.61. The van der Waals surface area contributed by atoms with Gasteiger partial charge in [0.05, 0.1) is 11.2 Å². The van der Waals surface area contributed by atoms with Crippen LogP contribution in [0, 0.1) is 6.92 Å². The molecule has 0 amide bonds. The monoisotopic (exact) mass is 225 g/mol. The average molecular weight is 225 g/mol. The van der Waals surface area contributed by atoms with Gasteiger partial charge in [0.1, 0.15) is 0 Å². The van der Waals surface area contributed by atoms with Crippen molar-refractivity contribution in [3.63, 3.8) is 0 Å². The van der Waals surface area contributed by atoms with Gasteiger partial charge in [0.15, 0.2) is 0 Å². The van der Waals surface area contributed by atoms with Crippen LogP contribution in [0.2, 0.25) is 0 Å². The first-order chi connectivity index (χ1) is 7.25. The number of thiazole rings is 1. The third kappa shape index (κ3) is 3.00. The molecule has 1 aromatic rings. The molecule has 1 aliphatic rings. The Labute approximate surface area is 95.3 Å². The van der Waals surface area contributed by atoms with Gasteiger partial charge in [-0.05, 0) is 32.7 Å². The van der Waals surface area contributed by atoms with Crippen LogP contribution in [-0.4, -0.2) is 35.6 Å². The van der Waals surface area contributed by atoms with E-state index in [9.17, 15) is 0 Å². The Bertz CT molecular complexity index is 311. The van der Waals surface area contributed by atoms with Gasteiger partial charge >= 0.3 is 0 Å². The van der Waals surface area contributed by atoms with E-state index in [-0.39, 0.29) is 0 Å². The van der Waals surface area contributed by atoms with Crippen LogP contribution in [0.1, 0.15) is 23.4 Å². The zero-order valence-corrected chi connectivity index (χ0v) is 10.1. The first-order valence-electron chi connectivity index (χ1n) is 5.62. The highest BCUT2D eigenvalue weighted by atomic mass is 32.1. The SMILES string of the molecule is Cc1ncsc1CCN1CCC[C@@H](N)C1. The highest BCUT2D eigenvalue weighted by Gasteiger charge is 2.16. The summed E-state index contributed by atoms with van der Waals surface area (Å²) in [7, 11) is 0. The van der Waals surface area contributed by atoms with E-state index >= 15 is 0 Å². The summed E-state index contributed by atoms with van der Waals surface area (Å²) in [5.41, 5.74) is 9.09. The Balaban J connectivity index is 1.80. The second kappa shape index (κ2) is 5.05. The van der Waals surface area contributed by atoms with Crippen LogP contribution in [0.25, 0.3) is 0 Å². The Morgan fingerprint density at radius 1 is 1.67 bits per heavy atom. The maximum absolute atomic E-state index is 5.95. The van der Waals surface area contributed by atoms with Gasteiger partial charge in [-0.1, -0.05) is 0 Å². The summed E-state index contributed by atoms with van der Waals surface area (Å²) < 4.78 is 0. The van der Waals surface area contributed by atoms with Crippen molar-refractivity contribution in [1.82, 2.24) is 9.88 Å².